The smallest absolute Gasteiger partial charge is 0.263 e. The van der Waals surface area contributed by atoms with Crippen LogP contribution in [-0.4, -0.2) is 30.3 Å². The fraction of sp³-hybridized carbons (Fsp3) is 0.368. The normalized spacial score (nSPS) is 16.5. The lowest BCUT2D eigenvalue weighted by Crippen LogP contribution is -2.32. The lowest BCUT2D eigenvalue weighted by atomic mass is 10.1. The number of rotatable bonds is 5. The Labute approximate surface area is 156 Å². The molecule has 138 valence electrons. The number of hydrogen-bond donors (Lipinski definition) is 1. The number of hydrogen-bond acceptors (Lipinski definition) is 4. The summed E-state index contributed by atoms with van der Waals surface area (Å²) in [6.07, 6.45) is 3.63. The predicted molar refractivity (Wildman–Crippen MR) is 100 cm³/mol. The number of nitrogens with zero attached hydrogens (tertiary/aromatic N) is 1. The van der Waals surface area contributed by atoms with Crippen LogP contribution >= 0.6 is 11.6 Å². The molecule has 1 amide bonds. The van der Waals surface area contributed by atoms with Crippen molar-refractivity contribution in [2.45, 2.75) is 32.4 Å². The monoisotopic (exact) mass is 376 g/mol. The second-order valence-corrected chi connectivity index (χ2v) is 6.67. The Kier molecular flexibility index (Phi) is 5.64. The second kappa shape index (κ2) is 7.93. The molecule has 0 aliphatic carbocycles. The van der Waals surface area contributed by atoms with E-state index in [1.165, 1.54) is 11.7 Å². The first-order chi connectivity index (χ1) is 12.5. The van der Waals surface area contributed by atoms with Gasteiger partial charge in [-0.05, 0) is 43.5 Å². The SMILES string of the molecule is COc1ccc(Cl)c(NC(=O)c2c(C)ccn(CC3CCCO3)c2=O)c1. The summed E-state index contributed by atoms with van der Waals surface area (Å²) in [4.78, 5) is 25.5. The minimum Gasteiger partial charge on any atom is -0.497 e. The maximum Gasteiger partial charge on any atom is 0.263 e. The number of ether oxygens (including phenoxy) is 2. The molecule has 1 fully saturated rings. The van der Waals surface area contributed by atoms with Crippen LogP contribution in [0.3, 0.4) is 0 Å². The van der Waals surface area contributed by atoms with Gasteiger partial charge in [0.1, 0.15) is 11.3 Å². The summed E-state index contributed by atoms with van der Waals surface area (Å²) in [6, 6.07) is 6.70. The molecule has 0 saturated carbocycles. The Morgan fingerprint density at radius 2 is 2.23 bits per heavy atom. The van der Waals surface area contributed by atoms with Gasteiger partial charge in [-0.25, -0.2) is 0 Å². The van der Waals surface area contributed by atoms with E-state index in [1.807, 2.05) is 0 Å². The van der Waals surface area contributed by atoms with Crippen LogP contribution in [0.25, 0.3) is 0 Å². The van der Waals surface area contributed by atoms with E-state index in [2.05, 4.69) is 5.32 Å². The van der Waals surface area contributed by atoms with Gasteiger partial charge in [-0.15, -0.1) is 0 Å². The van der Waals surface area contributed by atoms with Crippen molar-refractivity contribution in [3.63, 3.8) is 0 Å². The molecule has 1 N–H and O–H groups in total. The Balaban J connectivity index is 1.88. The van der Waals surface area contributed by atoms with Crippen molar-refractivity contribution in [2.75, 3.05) is 19.0 Å². The first-order valence-corrected chi connectivity index (χ1v) is 8.84. The molecule has 26 heavy (non-hydrogen) atoms. The van der Waals surface area contributed by atoms with E-state index in [0.717, 1.165) is 12.8 Å². The Hall–Kier alpha value is -2.31. The summed E-state index contributed by atoms with van der Waals surface area (Å²) in [5.74, 6) is 0.0645. The summed E-state index contributed by atoms with van der Waals surface area (Å²) in [7, 11) is 1.53. The summed E-state index contributed by atoms with van der Waals surface area (Å²) in [5.41, 5.74) is 0.765. The third-order valence-corrected chi connectivity index (χ3v) is 4.78. The van der Waals surface area contributed by atoms with Gasteiger partial charge in [0.2, 0.25) is 0 Å². The van der Waals surface area contributed by atoms with Gasteiger partial charge in [0, 0.05) is 18.9 Å². The summed E-state index contributed by atoms with van der Waals surface area (Å²) >= 11 is 6.14. The molecule has 1 aromatic heterocycles. The molecule has 1 aliphatic rings. The van der Waals surface area contributed by atoms with Gasteiger partial charge >= 0.3 is 0 Å². The molecule has 0 radical (unpaired) electrons. The first kappa shape index (κ1) is 18.5. The summed E-state index contributed by atoms with van der Waals surface area (Å²) in [5, 5.41) is 3.08. The zero-order valence-corrected chi connectivity index (χ0v) is 15.5. The molecule has 2 heterocycles. The lowest BCUT2D eigenvalue weighted by Gasteiger charge is -2.15. The molecule has 7 heteroatoms. The van der Waals surface area contributed by atoms with E-state index in [0.29, 0.717) is 35.2 Å². The van der Waals surface area contributed by atoms with Crippen LogP contribution in [0.2, 0.25) is 5.02 Å². The fourth-order valence-corrected chi connectivity index (χ4v) is 3.17. The number of carbonyl (C=O) groups excluding carboxylic acids is 1. The lowest BCUT2D eigenvalue weighted by molar-refractivity contribution is 0.0952. The minimum absolute atomic E-state index is 0.0131. The zero-order chi connectivity index (χ0) is 18.7. The van der Waals surface area contributed by atoms with Crippen molar-refractivity contribution in [2.24, 2.45) is 0 Å². The van der Waals surface area contributed by atoms with Gasteiger partial charge in [-0.3, -0.25) is 9.59 Å². The average molecular weight is 377 g/mol. The van der Waals surface area contributed by atoms with Crippen molar-refractivity contribution in [1.29, 1.82) is 0 Å². The van der Waals surface area contributed by atoms with Crippen LogP contribution < -0.4 is 15.6 Å². The molecule has 3 rings (SSSR count). The van der Waals surface area contributed by atoms with Gasteiger partial charge in [0.05, 0.1) is 30.5 Å². The molecule has 0 bridgehead atoms. The maximum absolute atomic E-state index is 12.8. The van der Waals surface area contributed by atoms with Crippen LogP contribution in [-0.2, 0) is 11.3 Å². The van der Waals surface area contributed by atoms with E-state index in [9.17, 15) is 9.59 Å². The van der Waals surface area contributed by atoms with E-state index in [-0.39, 0.29) is 17.2 Å². The number of amides is 1. The van der Waals surface area contributed by atoms with Gasteiger partial charge in [0.15, 0.2) is 0 Å². The van der Waals surface area contributed by atoms with Gasteiger partial charge in [-0.2, -0.15) is 0 Å². The quantitative estimate of drug-likeness (QED) is 0.869. The molecular weight excluding hydrogens is 356 g/mol. The molecule has 1 aromatic carbocycles. The Morgan fingerprint density at radius 1 is 1.42 bits per heavy atom. The van der Waals surface area contributed by atoms with E-state index in [4.69, 9.17) is 21.1 Å². The largest absolute Gasteiger partial charge is 0.497 e. The number of carbonyl (C=O) groups is 1. The number of nitrogens with one attached hydrogen (secondary N) is 1. The Bertz CT molecular complexity index is 872. The highest BCUT2D eigenvalue weighted by atomic mass is 35.5. The number of pyridine rings is 1. The molecular formula is C19H21ClN2O4. The standard InChI is InChI=1S/C19H21ClN2O4/c1-12-7-8-22(11-14-4-3-9-26-14)19(24)17(12)18(23)21-16-10-13(25-2)5-6-15(16)20/h5-8,10,14H,3-4,9,11H2,1-2H3,(H,21,23). The summed E-state index contributed by atoms with van der Waals surface area (Å²) in [6.45, 7) is 2.90. The first-order valence-electron chi connectivity index (χ1n) is 8.46. The average Bonchev–Trinajstić information content (AvgIpc) is 3.12. The highest BCUT2D eigenvalue weighted by molar-refractivity contribution is 6.34. The van der Waals surface area contributed by atoms with Gasteiger partial charge < -0.3 is 19.4 Å². The number of halogens is 1. The third-order valence-electron chi connectivity index (χ3n) is 4.45. The third kappa shape index (κ3) is 3.92. The zero-order valence-electron chi connectivity index (χ0n) is 14.8. The predicted octanol–water partition coefficient (Wildman–Crippen LogP) is 3.25. The minimum atomic E-state index is -0.496. The number of benzene rings is 1. The van der Waals surface area contributed by atoms with Crippen molar-refractivity contribution < 1.29 is 14.3 Å². The highest BCUT2D eigenvalue weighted by Gasteiger charge is 2.21. The van der Waals surface area contributed by atoms with Crippen LogP contribution in [0, 0.1) is 6.92 Å². The summed E-state index contributed by atoms with van der Waals surface area (Å²) < 4.78 is 12.3. The number of aryl methyl sites for hydroxylation is 1. The maximum atomic E-state index is 12.8. The Morgan fingerprint density at radius 3 is 2.92 bits per heavy atom. The van der Waals surface area contributed by atoms with Crippen molar-refractivity contribution in [3.8, 4) is 5.75 Å². The number of methoxy groups -OCH3 is 1. The van der Waals surface area contributed by atoms with Crippen molar-refractivity contribution in [1.82, 2.24) is 4.57 Å². The molecule has 2 aromatic rings. The number of anilines is 1. The molecule has 1 aliphatic heterocycles. The van der Waals surface area contributed by atoms with Gasteiger partial charge in [0.25, 0.3) is 11.5 Å². The van der Waals surface area contributed by atoms with Crippen molar-refractivity contribution in [3.05, 3.63) is 57.0 Å². The molecule has 1 saturated heterocycles. The topological polar surface area (TPSA) is 69.6 Å². The highest BCUT2D eigenvalue weighted by Crippen LogP contribution is 2.27. The molecule has 6 nitrogen and oxygen atoms in total. The second-order valence-electron chi connectivity index (χ2n) is 6.27. The fourth-order valence-electron chi connectivity index (χ4n) is 3.00. The van der Waals surface area contributed by atoms with Crippen molar-refractivity contribution >= 4 is 23.2 Å². The van der Waals surface area contributed by atoms with Crippen LogP contribution in [0.5, 0.6) is 5.75 Å². The van der Waals surface area contributed by atoms with E-state index < -0.39 is 5.91 Å². The molecule has 1 unspecified atom stereocenters. The number of aromatic nitrogens is 1. The van der Waals surface area contributed by atoms with E-state index in [1.54, 1.807) is 37.4 Å². The molecule has 0 spiro atoms. The molecule has 1 atom stereocenters. The van der Waals surface area contributed by atoms with Crippen LogP contribution in [0.4, 0.5) is 5.69 Å². The van der Waals surface area contributed by atoms with Crippen LogP contribution in [0.1, 0.15) is 28.8 Å². The van der Waals surface area contributed by atoms with Crippen LogP contribution in [0.15, 0.2) is 35.3 Å². The van der Waals surface area contributed by atoms with Gasteiger partial charge in [-0.1, -0.05) is 11.6 Å². The van der Waals surface area contributed by atoms with E-state index >= 15 is 0 Å².